The van der Waals surface area contributed by atoms with E-state index in [2.05, 4.69) is 41.2 Å². The summed E-state index contributed by atoms with van der Waals surface area (Å²) in [5.41, 5.74) is 2.23. The van der Waals surface area contributed by atoms with Crippen molar-refractivity contribution < 1.29 is 4.79 Å². The number of rotatable bonds is 5. The minimum absolute atomic E-state index is 0.153. The fraction of sp³-hybridized carbons (Fsp3) is 0.688. The van der Waals surface area contributed by atoms with Gasteiger partial charge in [-0.3, -0.25) is 4.79 Å². The maximum atomic E-state index is 12.7. The summed E-state index contributed by atoms with van der Waals surface area (Å²) in [6.07, 6.45) is 3.97. The average molecular weight is 277 g/mol. The van der Waals surface area contributed by atoms with Crippen LogP contribution < -0.4 is 10.6 Å². The predicted molar refractivity (Wildman–Crippen MR) is 81.4 cm³/mol. The fourth-order valence-corrected chi connectivity index (χ4v) is 3.18. The maximum Gasteiger partial charge on any atom is 0.226 e. The van der Waals surface area contributed by atoms with Crippen molar-refractivity contribution in [3.63, 3.8) is 0 Å². The fourth-order valence-electron chi connectivity index (χ4n) is 3.18. The van der Waals surface area contributed by atoms with Crippen LogP contribution >= 0.6 is 0 Å². The zero-order valence-corrected chi connectivity index (χ0v) is 13.0. The molecular weight excluding hydrogens is 250 g/mol. The van der Waals surface area contributed by atoms with Gasteiger partial charge in [0.1, 0.15) is 0 Å². The van der Waals surface area contributed by atoms with Crippen molar-refractivity contribution in [2.45, 2.75) is 46.1 Å². The van der Waals surface area contributed by atoms with Crippen molar-refractivity contribution in [1.29, 1.82) is 0 Å². The number of aromatic nitrogens is 1. The number of hydrogen-bond acceptors (Lipinski definition) is 2. The second kappa shape index (κ2) is 6.44. The van der Waals surface area contributed by atoms with Gasteiger partial charge in [-0.2, -0.15) is 0 Å². The number of aryl methyl sites for hydroxylation is 1. The maximum absolute atomic E-state index is 12.7. The first-order valence-electron chi connectivity index (χ1n) is 7.69. The summed E-state index contributed by atoms with van der Waals surface area (Å²) in [4.78, 5) is 12.7. The molecular formula is C16H27N3O. The zero-order chi connectivity index (χ0) is 14.6. The Morgan fingerprint density at radius 3 is 2.65 bits per heavy atom. The van der Waals surface area contributed by atoms with Crippen molar-refractivity contribution in [3.8, 4) is 0 Å². The first-order chi connectivity index (χ1) is 9.59. The second-order valence-corrected chi connectivity index (χ2v) is 5.99. The highest BCUT2D eigenvalue weighted by Crippen LogP contribution is 2.34. The predicted octanol–water partition coefficient (Wildman–Crippen LogP) is 2.12. The van der Waals surface area contributed by atoms with Gasteiger partial charge in [0.05, 0.1) is 12.0 Å². The summed E-state index contributed by atoms with van der Waals surface area (Å²) in [5.74, 6) is 0.236. The lowest BCUT2D eigenvalue weighted by Gasteiger charge is -2.36. The topological polar surface area (TPSA) is 46.1 Å². The van der Waals surface area contributed by atoms with E-state index in [0.29, 0.717) is 6.54 Å². The molecule has 1 amide bonds. The summed E-state index contributed by atoms with van der Waals surface area (Å²) in [7, 11) is 2.04. The molecule has 1 aromatic rings. The van der Waals surface area contributed by atoms with Crippen LogP contribution in [0.1, 0.15) is 44.0 Å². The Hall–Kier alpha value is -1.29. The van der Waals surface area contributed by atoms with Crippen LogP contribution in [0.5, 0.6) is 0 Å². The van der Waals surface area contributed by atoms with Gasteiger partial charge in [-0.15, -0.1) is 0 Å². The van der Waals surface area contributed by atoms with E-state index in [1.165, 1.54) is 5.69 Å². The second-order valence-electron chi connectivity index (χ2n) is 5.99. The van der Waals surface area contributed by atoms with Gasteiger partial charge in [0, 0.05) is 18.4 Å². The van der Waals surface area contributed by atoms with Crippen LogP contribution in [0.2, 0.25) is 0 Å². The summed E-state index contributed by atoms with van der Waals surface area (Å²) < 4.78 is 2.13. The quantitative estimate of drug-likeness (QED) is 0.866. The Labute approximate surface area is 121 Å². The summed E-state index contributed by atoms with van der Waals surface area (Å²) in [6, 6.07) is 4.18. The van der Waals surface area contributed by atoms with Crippen LogP contribution in [0, 0.1) is 12.3 Å². The molecule has 0 radical (unpaired) electrons. The highest BCUT2D eigenvalue weighted by atomic mass is 16.2. The SMILES string of the molecule is CCCC1(C(=O)NCc2ccc(C)n2C)CCNCC1. The molecule has 0 saturated carbocycles. The molecule has 1 fully saturated rings. The number of hydrogen-bond donors (Lipinski definition) is 2. The third-order valence-corrected chi connectivity index (χ3v) is 4.68. The number of piperidine rings is 1. The monoisotopic (exact) mass is 277 g/mol. The van der Waals surface area contributed by atoms with Crippen LogP contribution in [-0.2, 0) is 18.4 Å². The van der Waals surface area contributed by atoms with Gasteiger partial charge in [0.2, 0.25) is 5.91 Å². The highest BCUT2D eigenvalue weighted by molar-refractivity contribution is 5.82. The number of amides is 1. The Morgan fingerprint density at radius 2 is 2.10 bits per heavy atom. The van der Waals surface area contributed by atoms with Crippen molar-refractivity contribution in [2.24, 2.45) is 12.5 Å². The zero-order valence-electron chi connectivity index (χ0n) is 13.0. The van der Waals surface area contributed by atoms with Crippen molar-refractivity contribution in [2.75, 3.05) is 13.1 Å². The van der Waals surface area contributed by atoms with E-state index >= 15 is 0 Å². The standard InChI is InChI=1S/C16H27N3O/c1-4-7-16(8-10-17-11-9-16)15(20)18-12-14-6-5-13(2)19(14)3/h5-6,17H,4,7-12H2,1-3H3,(H,18,20). The van der Waals surface area contributed by atoms with Gasteiger partial charge in [0.15, 0.2) is 0 Å². The van der Waals surface area contributed by atoms with Gasteiger partial charge in [-0.05, 0) is 51.4 Å². The van der Waals surface area contributed by atoms with Gasteiger partial charge in [-0.25, -0.2) is 0 Å². The summed E-state index contributed by atoms with van der Waals surface area (Å²) in [5, 5.41) is 6.52. The average Bonchev–Trinajstić information content (AvgIpc) is 2.77. The Morgan fingerprint density at radius 1 is 1.40 bits per heavy atom. The third-order valence-electron chi connectivity index (χ3n) is 4.68. The minimum atomic E-state index is -0.153. The molecule has 0 spiro atoms. The van der Waals surface area contributed by atoms with Crippen LogP contribution in [0.15, 0.2) is 12.1 Å². The summed E-state index contributed by atoms with van der Waals surface area (Å²) >= 11 is 0. The van der Waals surface area contributed by atoms with Gasteiger partial charge in [-0.1, -0.05) is 13.3 Å². The van der Waals surface area contributed by atoms with E-state index in [1.54, 1.807) is 0 Å². The molecule has 1 aliphatic rings. The molecule has 2 N–H and O–H groups in total. The molecule has 1 aromatic heterocycles. The molecule has 2 rings (SSSR count). The number of carbonyl (C=O) groups excluding carboxylic acids is 1. The van der Waals surface area contributed by atoms with Crippen molar-refractivity contribution in [1.82, 2.24) is 15.2 Å². The lowest BCUT2D eigenvalue weighted by molar-refractivity contribution is -0.133. The first-order valence-corrected chi connectivity index (χ1v) is 7.69. The Kier molecular flexibility index (Phi) is 4.86. The summed E-state index contributed by atoms with van der Waals surface area (Å²) in [6.45, 7) is 6.78. The largest absolute Gasteiger partial charge is 0.350 e. The third kappa shape index (κ3) is 3.06. The molecule has 4 heteroatoms. The van der Waals surface area contributed by atoms with E-state index < -0.39 is 0 Å². The van der Waals surface area contributed by atoms with Gasteiger partial charge in [0.25, 0.3) is 0 Å². The van der Waals surface area contributed by atoms with Crippen LogP contribution in [0.3, 0.4) is 0 Å². The number of nitrogens with zero attached hydrogens (tertiary/aromatic N) is 1. The lowest BCUT2D eigenvalue weighted by atomic mass is 9.74. The van der Waals surface area contributed by atoms with Crippen LogP contribution in [0.4, 0.5) is 0 Å². The molecule has 0 aromatic carbocycles. The number of nitrogens with one attached hydrogen (secondary N) is 2. The van der Waals surface area contributed by atoms with Crippen molar-refractivity contribution in [3.05, 3.63) is 23.5 Å². The minimum Gasteiger partial charge on any atom is -0.350 e. The van der Waals surface area contributed by atoms with Crippen molar-refractivity contribution >= 4 is 5.91 Å². The molecule has 0 unspecified atom stereocenters. The Balaban J connectivity index is 2.00. The number of carbonyl (C=O) groups is 1. The van der Waals surface area contributed by atoms with Crippen LogP contribution in [0.25, 0.3) is 0 Å². The van der Waals surface area contributed by atoms with Gasteiger partial charge < -0.3 is 15.2 Å². The smallest absolute Gasteiger partial charge is 0.226 e. The van der Waals surface area contributed by atoms with Gasteiger partial charge >= 0.3 is 0 Å². The molecule has 0 bridgehead atoms. The van der Waals surface area contributed by atoms with E-state index in [4.69, 9.17) is 0 Å². The molecule has 0 aliphatic carbocycles. The molecule has 20 heavy (non-hydrogen) atoms. The molecule has 1 saturated heterocycles. The molecule has 0 atom stereocenters. The van der Waals surface area contributed by atoms with E-state index in [1.807, 2.05) is 7.05 Å². The molecule has 1 aliphatic heterocycles. The van der Waals surface area contributed by atoms with Crippen LogP contribution in [-0.4, -0.2) is 23.6 Å². The molecule has 4 nitrogen and oxygen atoms in total. The van der Waals surface area contributed by atoms with E-state index in [0.717, 1.165) is 44.5 Å². The first kappa shape index (κ1) is 15.1. The Bertz CT molecular complexity index is 453. The van der Waals surface area contributed by atoms with E-state index in [-0.39, 0.29) is 11.3 Å². The normalized spacial score (nSPS) is 17.9. The molecule has 112 valence electrons. The molecule has 2 heterocycles. The van der Waals surface area contributed by atoms with E-state index in [9.17, 15) is 4.79 Å². The lowest BCUT2D eigenvalue weighted by Crippen LogP contribution is -2.47. The highest BCUT2D eigenvalue weighted by Gasteiger charge is 2.38.